The summed E-state index contributed by atoms with van der Waals surface area (Å²) in [6, 6.07) is 18.8. The first kappa shape index (κ1) is 40.1. The van der Waals surface area contributed by atoms with Gasteiger partial charge >= 0.3 is 5.82 Å². The second-order valence-corrected chi connectivity index (χ2v) is 15.7. The van der Waals surface area contributed by atoms with Crippen LogP contribution in [0.2, 0.25) is 5.15 Å². The van der Waals surface area contributed by atoms with E-state index >= 15 is 0 Å². The van der Waals surface area contributed by atoms with Crippen molar-refractivity contribution < 1.29 is 23.0 Å². The van der Waals surface area contributed by atoms with E-state index in [4.69, 9.17) is 32.4 Å². The predicted octanol–water partition coefficient (Wildman–Crippen LogP) is 10.6. The van der Waals surface area contributed by atoms with Gasteiger partial charge in [-0.15, -0.1) is 10.2 Å². The topological polar surface area (TPSA) is 86.9 Å². The van der Waals surface area contributed by atoms with E-state index in [2.05, 4.69) is 25.2 Å². The van der Waals surface area contributed by atoms with E-state index in [9.17, 15) is 8.78 Å². The minimum absolute atomic E-state index is 0.111. The highest BCUT2D eigenvalue weighted by Gasteiger charge is 2.25. The fourth-order valence-corrected chi connectivity index (χ4v) is 5.62. The van der Waals surface area contributed by atoms with Crippen LogP contribution in [0.4, 0.5) is 20.3 Å². The highest BCUT2D eigenvalue weighted by atomic mass is 35.5. The molecule has 6 rings (SSSR count). The summed E-state index contributed by atoms with van der Waals surface area (Å²) in [6.07, 6.45) is 2.07. The van der Waals surface area contributed by atoms with Gasteiger partial charge in [-0.05, 0) is 98.5 Å². The zero-order valence-corrected chi connectivity index (χ0v) is 32.1. The van der Waals surface area contributed by atoms with Gasteiger partial charge < -0.3 is 24.0 Å². The highest BCUT2D eigenvalue weighted by Crippen LogP contribution is 2.31. The van der Waals surface area contributed by atoms with Gasteiger partial charge in [-0.3, -0.25) is 0 Å². The Labute approximate surface area is 310 Å². The van der Waals surface area contributed by atoms with E-state index in [1.54, 1.807) is 0 Å². The van der Waals surface area contributed by atoms with Gasteiger partial charge in [0, 0.05) is 51.5 Å². The Hall–Kier alpha value is -4.66. The normalized spacial score (nSPS) is 14.8. The standard InChI is InChI=1S/C15H21F2NO.C13H13N3O.C12H13ClN2O/c1-15(2,3)19-14-5-4-6-18(10-14)13-8-11(16)7-12(17)9-13;1-13(2,3)17-12-10-8-6-5-7-9(10)11(14-4)15-16-12;1-12(2,3)16-11-9-7-5-4-6-8(9)10(13)14-15-11/h7-9,14H,4-6,10H2,1-3H3;5-8H,1-3H3;4-7H,1-3H3. The monoisotopic (exact) mass is 732 g/mol. The minimum Gasteiger partial charge on any atom is -0.470 e. The molecule has 2 aromatic heterocycles. The van der Waals surface area contributed by atoms with Gasteiger partial charge in [0.05, 0.1) is 11.7 Å². The number of ether oxygens (including phenoxy) is 3. The first-order chi connectivity index (χ1) is 24.3. The summed E-state index contributed by atoms with van der Waals surface area (Å²) in [5.74, 6) is 0.234. The van der Waals surface area contributed by atoms with E-state index in [-0.39, 0.29) is 22.9 Å². The van der Waals surface area contributed by atoms with Crippen molar-refractivity contribution in [2.45, 2.75) is 98.1 Å². The molecular weight excluding hydrogens is 686 g/mol. The molecule has 0 amide bonds. The molecule has 3 aromatic carbocycles. The van der Waals surface area contributed by atoms with Crippen LogP contribution in [0, 0.1) is 18.2 Å². The number of piperidine rings is 1. The van der Waals surface area contributed by atoms with Crippen LogP contribution in [0.15, 0.2) is 66.7 Å². The highest BCUT2D eigenvalue weighted by molar-refractivity contribution is 6.34. The van der Waals surface area contributed by atoms with Gasteiger partial charge in [0.1, 0.15) is 22.8 Å². The van der Waals surface area contributed by atoms with Gasteiger partial charge in [-0.1, -0.05) is 60.6 Å². The molecule has 0 N–H and O–H groups in total. The Kier molecular flexibility index (Phi) is 12.9. The fourth-order valence-electron chi connectivity index (χ4n) is 5.42. The number of fused-ring (bicyclic) bond motifs is 2. The molecule has 12 heteroatoms. The molecule has 3 heterocycles. The molecule has 0 radical (unpaired) electrons. The lowest BCUT2D eigenvalue weighted by atomic mass is 10.1. The molecular formula is C40H47ClF2N6O3. The van der Waals surface area contributed by atoms with Crippen LogP contribution in [0.1, 0.15) is 75.2 Å². The summed E-state index contributed by atoms with van der Waals surface area (Å²) in [5, 5.41) is 19.5. The zero-order chi connectivity index (χ0) is 38.3. The van der Waals surface area contributed by atoms with Crippen LogP contribution in [-0.2, 0) is 4.74 Å². The molecule has 0 spiro atoms. The van der Waals surface area contributed by atoms with Crippen molar-refractivity contribution in [3.63, 3.8) is 0 Å². The van der Waals surface area contributed by atoms with Crippen LogP contribution in [0.3, 0.4) is 0 Å². The lowest BCUT2D eigenvalue weighted by molar-refractivity contribution is -0.0635. The minimum atomic E-state index is -0.533. The van der Waals surface area contributed by atoms with Crippen molar-refractivity contribution >= 4 is 44.7 Å². The van der Waals surface area contributed by atoms with Crippen molar-refractivity contribution in [2.24, 2.45) is 0 Å². The SMILES string of the molecule is CC(C)(C)OC1CCCN(c2cc(F)cc(F)c2)C1.CC(C)(C)Oc1nnc(Cl)c2ccccc12.[C-]#[N+]c1nnc(OC(C)(C)C)c2ccccc12. The summed E-state index contributed by atoms with van der Waals surface area (Å²) in [7, 11) is 0. The van der Waals surface area contributed by atoms with Crippen LogP contribution >= 0.6 is 11.6 Å². The second-order valence-electron chi connectivity index (χ2n) is 15.3. The van der Waals surface area contributed by atoms with E-state index < -0.39 is 11.6 Å². The smallest absolute Gasteiger partial charge is 0.304 e. The molecule has 276 valence electrons. The molecule has 0 bridgehead atoms. The fraction of sp³-hybridized carbons (Fsp3) is 0.425. The number of hydrogen-bond donors (Lipinski definition) is 0. The molecule has 1 saturated heterocycles. The number of anilines is 1. The van der Waals surface area contributed by atoms with Gasteiger partial charge in [-0.2, -0.15) is 0 Å². The summed E-state index contributed by atoms with van der Waals surface area (Å²) in [5.41, 5.74) is -0.233. The first-order valence-corrected chi connectivity index (χ1v) is 17.5. The third-order valence-electron chi connectivity index (χ3n) is 7.26. The molecule has 1 fully saturated rings. The second kappa shape index (κ2) is 16.8. The summed E-state index contributed by atoms with van der Waals surface area (Å²) in [4.78, 5) is 5.35. The van der Waals surface area contributed by atoms with Crippen LogP contribution < -0.4 is 14.4 Å². The van der Waals surface area contributed by atoms with Gasteiger partial charge in [0.15, 0.2) is 5.15 Å². The van der Waals surface area contributed by atoms with E-state index in [0.29, 0.717) is 35.0 Å². The largest absolute Gasteiger partial charge is 0.470 e. The summed E-state index contributed by atoms with van der Waals surface area (Å²) >= 11 is 5.97. The first-order valence-electron chi connectivity index (χ1n) is 17.1. The van der Waals surface area contributed by atoms with E-state index in [1.807, 2.05) is 116 Å². The average molecular weight is 733 g/mol. The maximum Gasteiger partial charge on any atom is 0.304 e. The number of hydrogen-bond acceptors (Lipinski definition) is 8. The van der Waals surface area contributed by atoms with E-state index in [0.717, 1.165) is 47.0 Å². The molecule has 9 nitrogen and oxygen atoms in total. The Balaban J connectivity index is 0.000000175. The van der Waals surface area contributed by atoms with E-state index in [1.165, 1.54) is 12.1 Å². The maximum absolute atomic E-state index is 13.3. The molecule has 0 aliphatic carbocycles. The number of rotatable bonds is 4. The van der Waals surface area contributed by atoms with Crippen molar-refractivity contribution in [3.8, 4) is 11.8 Å². The number of aromatic nitrogens is 4. The molecule has 5 aromatic rings. The van der Waals surface area contributed by atoms with Crippen molar-refractivity contribution in [1.29, 1.82) is 0 Å². The Bertz CT molecular complexity index is 2000. The lowest BCUT2D eigenvalue weighted by Crippen LogP contribution is -2.42. The Morgan fingerprint density at radius 3 is 1.73 bits per heavy atom. The molecule has 1 unspecified atom stereocenters. The maximum atomic E-state index is 13.3. The number of nitrogens with zero attached hydrogens (tertiary/aromatic N) is 6. The average Bonchev–Trinajstić information content (AvgIpc) is 3.05. The Morgan fingerprint density at radius 2 is 1.21 bits per heavy atom. The zero-order valence-electron chi connectivity index (χ0n) is 31.3. The van der Waals surface area contributed by atoms with Crippen molar-refractivity contribution in [3.05, 3.63) is 94.9 Å². The molecule has 1 aliphatic rings. The van der Waals surface area contributed by atoms with Gasteiger partial charge in [-0.25, -0.2) is 8.78 Å². The molecule has 1 atom stereocenters. The Morgan fingerprint density at radius 1 is 0.712 bits per heavy atom. The van der Waals surface area contributed by atoms with Crippen LogP contribution in [0.25, 0.3) is 26.4 Å². The molecule has 52 heavy (non-hydrogen) atoms. The quantitative estimate of drug-likeness (QED) is 0.169. The van der Waals surface area contributed by atoms with Gasteiger partial charge in [0.25, 0.3) is 5.88 Å². The van der Waals surface area contributed by atoms with Crippen LogP contribution in [0.5, 0.6) is 11.8 Å². The third-order valence-corrected chi connectivity index (χ3v) is 7.54. The number of benzene rings is 3. The summed E-state index contributed by atoms with van der Waals surface area (Å²) in [6.45, 7) is 26.4. The van der Waals surface area contributed by atoms with Gasteiger partial charge in [0.2, 0.25) is 5.88 Å². The van der Waals surface area contributed by atoms with Crippen molar-refractivity contribution in [1.82, 2.24) is 20.4 Å². The van der Waals surface area contributed by atoms with Crippen LogP contribution in [-0.4, -0.2) is 56.4 Å². The third kappa shape index (κ3) is 12.0. The molecule has 0 saturated carbocycles. The lowest BCUT2D eigenvalue weighted by Gasteiger charge is -2.37. The van der Waals surface area contributed by atoms with Crippen molar-refractivity contribution in [2.75, 3.05) is 18.0 Å². The number of halogens is 3. The predicted molar refractivity (Wildman–Crippen MR) is 204 cm³/mol. The summed E-state index contributed by atoms with van der Waals surface area (Å²) < 4.78 is 43.9. The molecule has 1 aliphatic heterocycles.